The first-order valence-electron chi connectivity index (χ1n) is 4.84. The van der Waals surface area contributed by atoms with Gasteiger partial charge in [-0.15, -0.1) is 0 Å². The third-order valence-corrected chi connectivity index (χ3v) is 2.08. The maximum absolute atomic E-state index is 13.4. The summed E-state index contributed by atoms with van der Waals surface area (Å²) >= 11 is 0. The molecule has 0 fully saturated rings. The Hall–Kier alpha value is -2.24. The highest BCUT2D eigenvalue weighted by Crippen LogP contribution is 2.30. The minimum Gasteiger partial charge on any atom is -0.451 e. The van der Waals surface area contributed by atoms with Crippen molar-refractivity contribution in [1.82, 2.24) is 0 Å². The van der Waals surface area contributed by atoms with Crippen molar-refractivity contribution in [3.63, 3.8) is 0 Å². The smallest absolute Gasteiger partial charge is 0.198 e. The first-order chi connectivity index (χ1) is 8.45. The molecular formula is C12H7F4NO. The van der Waals surface area contributed by atoms with Gasteiger partial charge in [0.2, 0.25) is 0 Å². The molecule has 0 saturated carbocycles. The molecule has 0 atom stereocenters. The molecule has 0 unspecified atom stereocenters. The third kappa shape index (κ3) is 2.53. The molecule has 0 bridgehead atoms. The number of rotatable bonds is 2. The van der Waals surface area contributed by atoms with Gasteiger partial charge in [0.15, 0.2) is 17.4 Å². The molecule has 0 amide bonds. The van der Waals surface area contributed by atoms with E-state index in [-0.39, 0.29) is 11.4 Å². The van der Waals surface area contributed by atoms with Crippen molar-refractivity contribution in [2.45, 2.75) is 0 Å². The molecule has 2 aromatic carbocycles. The molecule has 94 valence electrons. The van der Waals surface area contributed by atoms with Crippen LogP contribution < -0.4 is 10.5 Å². The van der Waals surface area contributed by atoms with Gasteiger partial charge >= 0.3 is 0 Å². The molecule has 2 nitrogen and oxygen atoms in total. The van der Waals surface area contributed by atoms with Crippen LogP contribution in [0.5, 0.6) is 11.5 Å². The first kappa shape index (κ1) is 12.2. The molecule has 0 radical (unpaired) electrons. The molecule has 0 aliphatic carbocycles. The summed E-state index contributed by atoms with van der Waals surface area (Å²) in [6.45, 7) is 0. The molecule has 2 N–H and O–H groups in total. The average Bonchev–Trinajstić information content (AvgIpc) is 2.22. The number of halogens is 4. The van der Waals surface area contributed by atoms with Crippen molar-refractivity contribution < 1.29 is 22.3 Å². The lowest BCUT2D eigenvalue weighted by Crippen LogP contribution is -1.96. The van der Waals surface area contributed by atoms with Crippen LogP contribution in [0.2, 0.25) is 0 Å². The monoisotopic (exact) mass is 257 g/mol. The molecule has 0 aliphatic heterocycles. The summed E-state index contributed by atoms with van der Waals surface area (Å²) in [5, 5.41) is 0. The van der Waals surface area contributed by atoms with Crippen molar-refractivity contribution in [1.29, 1.82) is 0 Å². The summed E-state index contributed by atoms with van der Waals surface area (Å²) in [4.78, 5) is 0. The van der Waals surface area contributed by atoms with Crippen LogP contribution in [0.15, 0.2) is 30.3 Å². The Morgan fingerprint density at radius 1 is 0.778 bits per heavy atom. The number of benzene rings is 2. The molecule has 0 spiro atoms. The van der Waals surface area contributed by atoms with E-state index in [1.54, 1.807) is 0 Å². The van der Waals surface area contributed by atoms with Crippen LogP contribution in [0.1, 0.15) is 0 Å². The number of nitrogen functional groups attached to an aromatic ring is 1. The van der Waals surface area contributed by atoms with E-state index in [0.717, 1.165) is 24.3 Å². The van der Waals surface area contributed by atoms with Crippen LogP contribution in [0, 0.1) is 23.3 Å². The van der Waals surface area contributed by atoms with Crippen molar-refractivity contribution >= 4 is 5.69 Å². The van der Waals surface area contributed by atoms with Crippen molar-refractivity contribution in [2.75, 3.05) is 5.73 Å². The van der Waals surface area contributed by atoms with E-state index in [1.165, 1.54) is 0 Å². The second-order valence-electron chi connectivity index (χ2n) is 3.52. The summed E-state index contributed by atoms with van der Waals surface area (Å²) in [6, 6.07) is 3.90. The molecule has 2 rings (SSSR count). The molecule has 0 aliphatic rings. The van der Waals surface area contributed by atoms with Crippen LogP contribution in [0.25, 0.3) is 0 Å². The summed E-state index contributed by atoms with van der Waals surface area (Å²) in [5.41, 5.74) is 5.09. The Balaban J connectivity index is 2.40. The second-order valence-corrected chi connectivity index (χ2v) is 3.52. The maximum Gasteiger partial charge on any atom is 0.198 e. The molecule has 0 aromatic heterocycles. The van der Waals surface area contributed by atoms with Gasteiger partial charge in [0.1, 0.15) is 17.4 Å². The zero-order chi connectivity index (χ0) is 13.3. The normalized spacial score (nSPS) is 10.4. The lowest BCUT2D eigenvalue weighted by atomic mass is 10.2. The fourth-order valence-electron chi connectivity index (χ4n) is 1.38. The molecule has 0 heterocycles. The van der Waals surface area contributed by atoms with Crippen LogP contribution in [-0.4, -0.2) is 0 Å². The zero-order valence-corrected chi connectivity index (χ0v) is 8.88. The van der Waals surface area contributed by atoms with Crippen molar-refractivity contribution in [2.24, 2.45) is 0 Å². The predicted molar refractivity (Wildman–Crippen MR) is 57.2 cm³/mol. The van der Waals surface area contributed by atoms with E-state index < -0.39 is 29.0 Å². The van der Waals surface area contributed by atoms with Gasteiger partial charge in [0.25, 0.3) is 0 Å². The minimum atomic E-state index is -1.06. The Morgan fingerprint density at radius 3 is 1.78 bits per heavy atom. The van der Waals surface area contributed by atoms with Gasteiger partial charge in [-0.1, -0.05) is 0 Å². The molecule has 6 heteroatoms. The van der Waals surface area contributed by atoms with Gasteiger partial charge in [-0.3, -0.25) is 0 Å². The van der Waals surface area contributed by atoms with Gasteiger partial charge < -0.3 is 10.5 Å². The predicted octanol–water partition coefficient (Wildman–Crippen LogP) is 3.62. The summed E-state index contributed by atoms with van der Waals surface area (Å²) in [5.74, 6) is -5.07. The number of hydrogen-bond acceptors (Lipinski definition) is 2. The Kier molecular flexibility index (Phi) is 3.10. The van der Waals surface area contributed by atoms with Crippen LogP contribution in [0.4, 0.5) is 23.2 Å². The lowest BCUT2D eigenvalue weighted by molar-refractivity contribution is 0.402. The lowest BCUT2D eigenvalue weighted by Gasteiger charge is -2.08. The van der Waals surface area contributed by atoms with Crippen molar-refractivity contribution in [3.8, 4) is 11.5 Å². The Morgan fingerprint density at radius 2 is 1.28 bits per heavy atom. The van der Waals surface area contributed by atoms with E-state index in [9.17, 15) is 17.6 Å². The number of hydrogen-bond donors (Lipinski definition) is 1. The molecule has 2 aromatic rings. The highest BCUT2D eigenvalue weighted by atomic mass is 19.1. The van der Waals surface area contributed by atoms with E-state index >= 15 is 0 Å². The van der Waals surface area contributed by atoms with Gasteiger partial charge in [0.05, 0.1) is 0 Å². The molecular weight excluding hydrogens is 250 g/mol. The Labute approximate surface area is 99.6 Å². The second kappa shape index (κ2) is 4.56. The fraction of sp³-hybridized carbons (Fsp3) is 0. The maximum atomic E-state index is 13.4. The fourth-order valence-corrected chi connectivity index (χ4v) is 1.38. The largest absolute Gasteiger partial charge is 0.451 e. The highest BCUT2D eigenvalue weighted by molar-refractivity contribution is 5.45. The van der Waals surface area contributed by atoms with Gasteiger partial charge in [-0.05, 0) is 0 Å². The zero-order valence-electron chi connectivity index (χ0n) is 8.88. The van der Waals surface area contributed by atoms with Crippen LogP contribution in [-0.2, 0) is 0 Å². The topological polar surface area (TPSA) is 35.2 Å². The molecule has 0 saturated heterocycles. The number of ether oxygens (including phenoxy) is 1. The summed E-state index contributed by atoms with van der Waals surface area (Å²) in [6.07, 6.45) is 0. The molecule has 18 heavy (non-hydrogen) atoms. The van der Waals surface area contributed by atoms with Gasteiger partial charge in [-0.25, -0.2) is 17.6 Å². The first-order valence-corrected chi connectivity index (χ1v) is 4.84. The Bertz CT molecular complexity index is 557. The highest BCUT2D eigenvalue weighted by Gasteiger charge is 2.13. The van der Waals surface area contributed by atoms with E-state index in [0.29, 0.717) is 6.07 Å². The van der Waals surface area contributed by atoms with E-state index in [2.05, 4.69) is 0 Å². The van der Waals surface area contributed by atoms with Crippen LogP contribution >= 0.6 is 0 Å². The standard InChI is InChI=1S/C12H7F4NO/c13-6-1-7(14)3-9(2-6)18-12-10(15)4-8(17)5-11(12)16/h1-5H,17H2. The number of anilines is 1. The van der Waals surface area contributed by atoms with E-state index in [4.69, 9.17) is 10.5 Å². The average molecular weight is 257 g/mol. The SMILES string of the molecule is Nc1cc(F)c(Oc2cc(F)cc(F)c2)c(F)c1. The van der Waals surface area contributed by atoms with Crippen molar-refractivity contribution in [3.05, 3.63) is 53.6 Å². The quantitative estimate of drug-likeness (QED) is 0.658. The van der Waals surface area contributed by atoms with Gasteiger partial charge in [0, 0.05) is 36.0 Å². The summed E-state index contributed by atoms with van der Waals surface area (Å²) in [7, 11) is 0. The minimum absolute atomic E-state index is 0.122. The summed E-state index contributed by atoms with van der Waals surface area (Å²) < 4.78 is 57.2. The number of nitrogens with two attached hydrogens (primary N) is 1. The van der Waals surface area contributed by atoms with E-state index in [1.807, 2.05) is 0 Å². The van der Waals surface area contributed by atoms with Crippen LogP contribution in [0.3, 0.4) is 0 Å². The van der Waals surface area contributed by atoms with Gasteiger partial charge in [-0.2, -0.15) is 0 Å². The third-order valence-electron chi connectivity index (χ3n) is 2.08.